The molecule has 1 aromatic heterocycles. The number of rotatable bonds is 3. The first kappa shape index (κ1) is 19.9. The number of anilines is 1. The first-order valence-corrected chi connectivity index (χ1v) is 9.66. The summed E-state index contributed by atoms with van der Waals surface area (Å²) in [4.78, 5) is 13.4. The smallest absolute Gasteiger partial charge is 0.290 e. The third-order valence-electron chi connectivity index (χ3n) is 5.26. The van der Waals surface area contributed by atoms with Crippen LogP contribution in [0.5, 0.6) is 0 Å². The minimum absolute atomic E-state index is 0.250. The Labute approximate surface area is 166 Å². The normalized spacial score (nSPS) is 14.8. The molecular formula is C22H28N4O2. The summed E-state index contributed by atoms with van der Waals surface area (Å²) in [6.07, 6.45) is 0. The summed E-state index contributed by atoms with van der Waals surface area (Å²) in [5.41, 5.74) is 4.68. The molecule has 0 radical (unpaired) electrons. The van der Waals surface area contributed by atoms with Crippen LogP contribution in [0.25, 0.3) is 16.6 Å². The van der Waals surface area contributed by atoms with Crippen molar-refractivity contribution in [3.05, 3.63) is 54.2 Å². The average Bonchev–Trinajstić information content (AvgIpc) is 3.05. The van der Waals surface area contributed by atoms with E-state index < -0.39 is 0 Å². The molecule has 1 saturated heterocycles. The molecule has 1 aliphatic rings. The second-order valence-corrected chi connectivity index (χ2v) is 7.26. The van der Waals surface area contributed by atoms with Gasteiger partial charge < -0.3 is 10.0 Å². The lowest BCUT2D eigenvalue weighted by molar-refractivity contribution is -0.122. The fourth-order valence-corrected chi connectivity index (χ4v) is 3.72. The number of fused-ring (bicyclic) bond motifs is 1. The number of piperazine rings is 1. The van der Waals surface area contributed by atoms with Crippen molar-refractivity contribution in [1.82, 2.24) is 14.7 Å². The van der Waals surface area contributed by atoms with E-state index >= 15 is 0 Å². The second kappa shape index (κ2) is 8.89. The number of aryl methyl sites for hydroxylation is 1. The van der Waals surface area contributed by atoms with Crippen molar-refractivity contribution < 1.29 is 9.90 Å². The Kier molecular flexibility index (Phi) is 6.31. The van der Waals surface area contributed by atoms with Crippen molar-refractivity contribution in [3.63, 3.8) is 0 Å². The molecule has 6 heteroatoms. The van der Waals surface area contributed by atoms with Gasteiger partial charge in [0, 0.05) is 43.3 Å². The lowest BCUT2D eigenvalue weighted by Gasteiger charge is -2.38. The van der Waals surface area contributed by atoms with Crippen LogP contribution < -0.4 is 4.90 Å². The Balaban J connectivity index is 0.000000706. The van der Waals surface area contributed by atoms with Crippen LogP contribution in [0.3, 0.4) is 0 Å². The van der Waals surface area contributed by atoms with E-state index in [2.05, 4.69) is 77.7 Å². The number of carbonyl (C=O) groups is 1. The van der Waals surface area contributed by atoms with Crippen molar-refractivity contribution in [1.29, 1.82) is 0 Å². The zero-order chi connectivity index (χ0) is 20.1. The largest absolute Gasteiger partial charge is 0.483 e. The van der Waals surface area contributed by atoms with Crippen molar-refractivity contribution >= 4 is 23.1 Å². The molecule has 6 nitrogen and oxygen atoms in total. The quantitative estimate of drug-likeness (QED) is 0.704. The first-order chi connectivity index (χ1) is 13.5. The Morgan fingerprint density at radius 3 is 2.25 bits per heavy atom. The number of aromatic nitrogens is 2. The van der Waals surface area contributed by atoms with Gasteiger partial charge in [0.25, 0.3) is 6.47 Å². The SMILES string of the molecule is Cc1nn(-c2ccccc2)c2cc(N3CCN(C(C)C)CC3)ccc12.O=CO. The van der Waals surface area contributed by atoms with E-state index in [1.165, 1.54) is 16.6 Å². The van der Waals surface area contributed by atoms with Gasteiger partial charge in [0.15, 0.2) is 0 Å². The molecule has 0 saturated carbocycles. The molecular weight excluding hydrogens is 352 g/mol. The van der Waals surface area contributed by atoms with Gasteiger partial charge in [0.2, 0.25) is 0 Å². The lowest BCUT2D eigenvalue weighted by Crippen LogP contribution is -2.48. The van der Waals surface area contributed by atoms with Gasteiger partial charge in [-0.05, 0) is 51.1 Å². The maximum atomic E-state index is 8.36. The van der Waals surface area contributed by atoms with Crippen molar-refractivity contribution in [2.75, 3.05) is 31.1 Å². The van der Waals surface area contributed by atoms with E-state index in [1.807, 2.05) is 6.07 Å². The van der Waals surface area contributed by atoms with E-state index in [4.69, 9.17) is 15.0 Å². The molecule has 1 aliphatic heterocycles. The highest BCUT2D eigenvalue weighted by Crippen LogP contribution is 2.27. The molecule has 0 bridgehead atoms. The molecule has 3 aromatic rings. The van der Waals surface area contributed by atoms with Gasteiger partial charge in [-0.25, -0.2) is 4.68 Å². The topological polar surface area (TPSA) is 61.6 Å². The van der Waals surface area contributed by atoms with Gasteiger partial charge in [-0.3, -0.25) is 9.69 Å². The Morgan fingerprint density at radius 1 is 1.00 bits per heavy atom. The molecule has 148 valence electrons. The predicted octanol–water partition coefficient (Wildman–Crippen LogP) is 3.57. The molecule has 0 spiro atoms. The molecule has 1 N–H and O–H groups in total. The summed E-state index contributed by atoms with van der Waals surface area (Å²) in [7, 11) is 0. The summed E-state index contributed by atoms with van der Waals surface area (Å²) in [6.45, 7) is 10.8. The molecule has 0 aliphatic carbocycles. The molecule has 4 rings (SSSR count). The van der Waals surface area contributed by atoms with Crippen molar-refractivity contribution in [3.8, 4) is 5.69 Å². The standard InChI is InChI=1S/C21H26N4.CH2O2/c1-16(2)23-11-13-24(14-12-23)19-9-10-20-17(3)22-25(21(20)15-19)18-7-5-4-6-8-18;2-1-3/h4-10,15-16H,11-14H2,1-3H3;1H,(H,2,3). The average molecular weight is 380 g/mol. The van der Waals surface area contributed by atoms with Crippen LogP contribution in [-0.2, 0) is 4.79 Å². The third-order valence-corrected chi connectivity index (χ3v) is 5.26. The third kappa shape index (κ3) is 4.17. The van der Waals surface area contributed by atoms with E-state index in [-0.39, 0.29) is 6.47 Å². The minimum Gasteiger partial charge on any atom is -0.483 e. The lowest BCUT2D eigenvalue weighted by atomic mass is 10.1. The van der Waals surface area contributed by atoms with Gasteiger partial charge in [-0.15, -0.1) is 0 Å². The second-order valence-electron chi connectivity index (χ2n) is 7.26. The van der Waals surface area contributed by atoms with Crippen molar-refractivity contribution in [2.45, 2.75) is 26.8 Å². The van der Waals surface area contributed by atoms with Crippen LogP contribution in [0.1, 0.15) is 19.5 Å². The summed E-state index contributed by atoms with van der Waals surface area (Å²) >= 11 is 0. The van der Waals surface area contributed by atoms with Crippen LogP contribution in [-0.4, -0.2) is 58.5 Å². The number of nitrogens with zero attached hydrogens (tertiary/aromatic N) is 4. The summed E-state index contributed by atoms with van der Waals surface area (Å²) in [5.74, 6) is 0. The Morgan fingerprint density at radius 2 is 1.64 bits per heavy atom. The first-order valence-electron chi connectivity index (χ1n) is 9.66. The summed E-state index contributed by atoms with van der Waals surface area (Å²) in [6, 6.07) is 17.8. The van der Waals surface area contributed by atoms with Crippen LogP contribution in [0, 0.1) is 6.92 Å². The number of benzene rings is 2. The summed E-state index contributed by atoms with van der Waals surface area (Å²) < 4.78 is 2.07. The van der Waals surface area contributed by atoms with E-state index in [9.17, 15) is 0 Å². The predicted molar refractivity (Wildman–Crippen MR) is 113 cm³/mol. The zero-order valence-electron chi connectivity index (χ0n) is 16.7. The van der Waals surface area contributed by atoms with Gasteiger partial charge >= 0.3 is 0 Å². The van der Waals surface area contributed by atoms with Gasteiger partial charge in [0.05, 0.1) is 16.9 Å². The minimum atomic E-state index is -0.250. The van der Waals surface area contributed by atoms with E-state index in [1.54, 1.807) is 0 Å². The monoisotopic (exact) mass is 380 g/mol. The maximum Gasteiger partial charge on any atom is 0.290 e. The fourth-order valence-electron chi connectivity index (χ4n) is 3.72. The van der Waals surface area contributed by atoms with Crippen LogP contribution in [0.2, 0.25) is 0 Å². The Hall–Kier alpha value is -2.86. The number of hydrogen-bond donors (Lipinski definition) is 1. The fraction of sp³-hybridized carbons (Fsp3) is 0.364. The maximum absolute atomic E-state index is 8.36. The highest BCUT2D eigenvalue weighted by Gasteiger charge is 2.20. The Bertz CT molecular complexity index is 913. The molecule has 2 heterocycles. The molecule has 0 unspecified atom stereocenters. The highest BCUT2D eigenvalue weighted by atomic mass is 16.3. The van der Waals surface area contributed by atoms with Crippen LogP contribution >= 0.6 is 0 Å². The number of carboxylic acid groups (broad SMARTS) is 1. The molecule has 2 aromatic carbocycles. The van der Waals surface area contributed by atoms with Gasteiger partial charge in [-0.1, -0.05) is 18.2 Å². The molecule has 28 heavy (non-hydrogen) atoms. The molecule has 0 amide bonds. The van der Waals surface area contributed by atoms with Gasteiger partial charge in [0.1, 0.15) is 0 Å². The number of para-hydroxylation sites is 1. The van der Waals surface area contributed by atoms with Crippen LogP contribution in [0.15, 0.2) is 48.5 Å². The molecule has 0 atom stereocenters. The zero-order valence-corrected chi connectivity index (χ0v) is 16.7. The van der Waals surface area contributed by atoms with Crippen LogP contribution in [0.4, 0.5) is 5.69 Å². The summed E-state index contributed by atoms with van der Waals surface area (Å²) in [5, 5.41) is 12.9. The highest BCUT2D eigenvalue weighted by molar-refractivity contribution is 5.86. The van der Waals surface area contributed by atoms with Crippen molar-refractivity contribution in [2.24, 2.45) is 0 Å². The van der Waals surface area contributed by atoms with Gasteiger partial charge in [-0.2, -0.15) is 5.10 Å². The van der Waals surface area contributed by atoms with E-state index in [0.29, 0.717) is 6.04 Å². The number of hydrogen-bond acceptors (Lipinski definition) is 4. The van der Waals surface area contributed by atoms with E-state index in [0.717, 1.165) is 37.6 Å². The molecule has 1 fully saturated rings.